The molecule has 0 saturated carbocycles. The van der Waals surface area contributed by atoms with Gasteiger partial charge in [-0.05, 0) is 40.8 Å². The van der Waals surface area contributed by atoms with Crippen LogP contribution < -0.4 is 5.32 Å². The Kier molecular flexibility index (Phi) is 5.87. The zero-order valence-corrected chi connectivity index (χ0v) is 13.1. The number of rotatable bonds is 4. The molecule has 0 saturated heterocycles. The fraction of sp³-hybridized carbons (Fsp3) is 0.333. The van der Waals surface area contributed by atoms with Crippen molar-refractivity contribution in [2.45, 2.75) is 6.42 Å². The molecule has 2 amide bonds. The molecule has 18 heavy (non-hydrogen) atoms. The van der Waals surface area contributed by atoms with E-state index >= 15 is 0 Å². The van der Waals surface area contributed by atoms with Gasteiger partial charge in [0.2, 0.25) is 5.91 Å². The van der Waals surface area contributed by atoms with Crippen molar-refractivity contribution in [3.05, 3.63) is 32.4 Å². The van der Waals surface area contributed by atoms with Crippen LogP contribution in [0.2, 0.25) is 5.02 Å². The van der Waals surface area contributed by atoms with Crippen molar-refractivity contribution in [1.82, 2.24) is 10.2 Å². The first-order valence-electron chi connectivity index (χ1n) is 5.35. The van der Waals surface area contributed by atoms with Crippen molar-refractivity contribution in [2.24, 2.45) is 0 Å². The molecule has 0 bridgehead atoms. The number of amides is 2. The van der Waals surface area contributed by atoms with Gasteiger partial charge in [-0.1, -0.05) is 11.6 Å². The quantitative estimate of drug-likeness (QED) is 0.814. The molecule has 0 aliphatic carbocycles. The Balaban J connectivity index is 2.50. The van der Waals surface area contributed by atoms with Crippen molar-refractivity contribution in [3.8, 4) is 0 Å². The molecule has 0 aliphatic heterocycles. The van der Waals surface area contributed by atoms with Gasteiger partial charge in [-0.25, -0.2) is 0 Å². The molecule has 0 heterocycles. The minimum Gasteiger partial charge on any atom is -0.352 e. The molecular weight excluding hydrogens is 367 g/mol. The number of benzene rings is 1. The lowest BCUT2D eigenvalue weighted by Gasteiger charge is -2.10. The first kappa shape index (κ1) is 15.2. The Morgan fingerprint density at radius 3 is 2.61 bits per heavy atom. The highest BCUT2D eigenvalue weighted by Crippen LogP contribution is 2.19. The predicted octanol–water partition coefficient (Wildman–Crippen LogP) is 2.15. The van der Waals surface area contributed by atoms with E-state index in [1.165, 1.54) is 4.90 Å². The lowest BCUT2D eigenvalue weighted by molar-refractivity contribution is -0.128. The first-order valence-corrected chi connectivity index (χ1v) is 6.81. The third-order valence-corrected chi connectivity index (χ3v) is 3.85. The monoisotopic (exact) mass is 380 g/mol. The van der Waals surface area contributed by atoms with Crippen LogP contribution in [0.25, 0.3) is 0 Å². The van der Waals surface area contributed by atoms with Crippen LogP contribution in [0.15, 0.2) is 18.2 Å². The molecule has 6 heteroatoms. The van der Waals surface area contributed by atoms with E-state index in [1.807, 2.05) is 0 Å². The first-order chi connectivity index (χ1) is 8.41. The van der Waals surface area contributed by atoms with Crippen molar-refractivity contribution < 1.29 is 9.59 Å². The predicted molar refractivity (Wildman–Crippen MR) is 79.8 cm³/mol. The smallest absolute Gasteiger partial charge is 0.251 e. The molecule has 1 aromatic rings. The van der Waals surface area contributed by atoms with Gasteiger partial charge in [0.15, 0.2) is 0 Å². The van der Waals surface area contributed by atoms with Gasteiger partial charge in [-0.2, -0.15) is 0 Å². The third-order valence-electron chi connectivity index (χ3n) is 2.31. The van der Waals surface area contributed by atoms with Crippen LogP contribution in [0.1, 0.15) is 16.8 Å². The van der Waals surface area contributed by atoms with E-state index in [9.17, 15) is 9.59 Å². The zero-order valence-electron chi connectivity index (χ0n) is 10.2. The van der Waals surface area contributed by atoms with E-state index in [0.29, 0.717) is 23.6 Å². The van der Waals surface area contributed by atoms with Gasteiger partial charge < -0.3 is 10.2 Å². The minimum absolute atomic E-state index is 0.0130. The summed E-state index contributed by atoms with van der Waals surface area (Å²) >= 11 is 7.94. The van der Waals surface area contributed by atoms with Crippen LogP contribution in [0.3, 0.4) is 0 Å². The Morgan fingerprint density at radius 1 is 1.39 bits per heavy atom. The standard InChI is InChI=1S/C12H14ClIN2O2/c1-16(2)11(17)5-6-15-12(18)8-3-4-9(13)10(14)7-8/h3-4,7H,5-6H2,1-2H3,(H,15,18). The normalized spacial score (nSPS) is 10.0. The summed E-state index contributed by atoms with van der Waals surface area (Å²) in [6.07, 6.45) is 0.295. The second-order valence-electron chi connectivity index (χ2n) is 3.92. The highest BCUT2D eigenvalue weighted by molar-refractivity contribution is 14.1. The Labute approximate surface area is 125 Å². The summed E-state index contributed by atoms with van der Waals surface area (Å²) in [4.78, 5) is 24.6. The summed E-state index contributed by atoms with van der Waals surface area (Å²) in [5.74, 6) is -0.211. The van der Waals surface area contributed by atoms with E-state index < -0.39 is 0 Å². The van der Waals surface area contributed by atoms with E-state index in [0.717, 1.165) is 3.57 Å². The van der Waals surface area contributed by atoms with E-state index in [4.69, 9.17) is 11.6 Å². The van der Waals surface area contributed by atoms with E-state index in [-0.39, 0.29) is 11.8 Å². The van der Waals surface area contributed by atoms with Crippen molar-refractivity contribution >= 4 is 46.0 Å². The molecule has 4 nitrogen and oxygen atoms in total. The van der Waals surface area contributed by atoms with E-state index in [2.05, 4.69) is 27.9 Å². The van der Waals surface area contributed by atoms with Crippen LogP contribution in [0, 0.1) is 3.57 Å². The Hall–Kier alpha value is -0.820. The fourth-order valence-corrected chi connectivity index (χ4v) is 1.88. The second-order valence-corrected chi connectivity index (χ2v) is 5.49. The molecule has 0 aromatic heterocycles. The minimum atomic E-state index is -0.198. The third kappa shape index (κ3) is 4.45. The SMILES string of the molecule is CN(C)C(=O)CCNC(=O)c1ccc(Cl)c(I)c1. The van der Waals surface area contributed by atoms with Crippen LogP contribution in [-0.4, -0.2) is 37.4 Å². The van der Waals surface area contributed by atoms with Crippen LogP contribution >= 0.6 is 34.2 Å². The van der Waals surface area contributed by atoms with E-state index in [1.54, 1.807) is 32.3 Å². The van der Waals surface area contributed by atoms with Crippen LogP contribution in [0.5, 0.6) is 0 Å². The largest absolute Gasteiger partial charge is 0.352 e. The summed E-state index contributed by atoms with van der Waals surface area (Å²) < 4.78 is 0.825. The van der Waals surface area contributed by atoms with Crippen LogP contribution in [-0.2, 0) is 4.79 Å². The summed E-state index contributed by atoms with van der Waals surface area (Å²) in [5.41, 5.74) is 0.543. The number of halogens is 2. The fourth-order valence-electron chi connectivity index (χ4n) is 1.25. The Morgan fingerprint density at radius 2 is 2.06 bits per heavy atom. The summed E-state index contributed by atoms with van der Waals surface area (Å²) in [7, 11) is 3.37. The molecule has 1 N–H and O–H groups in total. The summed E-state index contributed by atoms with van der Waals surface area (Å²) in [5, 5.41) is 3.32. The lowest BCUT2D eigenvalue weighted by Crippen LogP contribution is -2.30. The zero-order chi connectivity index (χ0) is 13.7. The number of hydrogen-bond acceptors (Lipinski definition) is 2. The summed E-state index contributed by atoms with van der Waals surface area (Å²) in [6, 6.07) is 5.06. The van der Waals surface area contributed by atoms with Crippen LogP contribution in [0.4, 0.5) is 0 Å². The molecule has 0 fully saturated rings. The molecule has 0 atom stereocenters. The topological polar surface area (TPSA) is 49.4 Å². The number of hydrogen-bond donors (Lipinski definition) is 1. The van der Waals surface area contributed by atoms with Gasteiger partial charge in [-0.15, -0.1) is 0 Å². The number of carbonyl (C=O) groups is 2. The van der Waals surface area contributed by atoms with Gasteiger partial charge >= 0.3 is 0 Å². The molecule has 1 rings (SSSR count). The Bertz CT molecular complexity index is 463. The van der Waals surface area contributed by atoms with Crippen molar-refractivity contribution in [3.63, 3.8) is 0 Å². The van der Waals surface area contributed by atoms with Gasteiger partial charge in [0.1, 0.15) is 0 Å². The van der Waals surface area contributed by atoms with Crippen molar-refractivity contribution in [1.29, 1.82) is 0 Å². The van der Waals surface area contributed by atoms with Gasteiger partial charge in [0.25, 0.3) is 5.91 Å². The molecule has 0 radical (unpaired) electrons. The molecule has 0 unspecified atom stereocenters. The van der Waals surface area contributed by atoms with Crippen molar-refractivity contribution in [2.75, 3.05) is 20.6 Å². The molecule has 1 aromatic carbocycles. The lowest BCUT2D eigenvalue weighted by atomic mass is 10.2. The molecular formula is C12H14ClIN2O2. The maximum atomic E-state index is 11.8. The number of nitrogens with zero attached hydrogens (tertiary/aromatic N) is 1. The summed E-state index contributed by atoms with van der Waals surface area (Å²) in [6.45, 7) is 0.328. The maximum Gasteiger partial charge on any atom is 0.251 e. The average Bonchev–Trinajstić information content (AvgIpc) is 2.32. The molecule has 0 spiro atoms. The van der Waals surface area contributed by atoms with Gasteiger partial charge in [0, 0.05) is 36.2 Å². The average molecular weight is 381 g/mol. The van der Waals surface area contributed by atoms with Gasteiger partial charge in [0.05, 0.1) is 5.02 Å². The maximum absolute atomic E-state index is 11.8. The molecule has 0 aliphatic rings. The van der Waals surface area contributed by atoms with Gasteiger partial charge in [-0.3, -0.25) is 9.59 Å². The molecule has 98 valence electrons. The number of nitrogens with one attached hydrogen (secondary N) is 1. The second kappa shape index (κ2) is 6.94. The number of carbonyl (C=O) groups excluding carboxylic acids is 2. The highest BCUT2D eigenvalue weighted by atomic mass is 127. The highest BCUT2D eigenvalue weighted by Gasteiger charge is 2.09.